The molecule has 4 N–H and O–H groups in total. The molecule has 0 aliphatic heterocycles. The van der Waals surface area contributed by atoms with Crippen molar-refractivity contribution in [2.45, 2.75) is 59.8 Å². The number of carbonyl (C=O) groups is 2. The first-order chi connectivity index (χ1) is 15.5. The number of thiophene rings is 1. The van der Waals surface area contributed by atoms with Crippen LogP contribution in [0.2, 0.25) is 0 Å². The normalized spacial score (nSPS) is 16.0. The molecular weight excluding hydrogens is 450 g/mol. The highest BCUT2D eigenvalue weighted by atomic mass is 32.1. The predicted molar refractivity (Wildman–Crippen MR) is 142 cm³/mol. The Bertz CT molecular complexity index is 1080. The van der Waals surface area contributed by atoms with Gasteiger partial charge in [0.1, 0.15) is 5.00 Å². The highest BCUT2D eigenvalue weighted by molar-refractivity contribution is 7.80. The van der Waals surface area contributed by atoms with E-state index in [1.165, 1.54) is 27.9 Å². The average Bonchev–Trinajstić information content (AvgIpc) is 3.08. The molecule has 0 fully saturated rings. The molecule has 0 radical (unpaired) electrons. The molecule has 5 nitrogen and oxygen atoms in total. The zero-order chi connectivity index (χ0) is 24.3. The lowest BCUT2D eigenvalue weighted by atomic mass is 9.72. The van der Waals surface area contributed by atoms with Gasteiger partial charge in [0.2, 0.25) is 5.91 Å². The van der Waals surface area contributed by atoms with E-state index in [2.05, 4.69) is 57.4 Å². The van der Waals surface area contributed by atoms with Gasteiger partial charge < -0.3 is 11.1 Å². The molecular formula is C26H33N3O2S2. The maximum Gasteiger partial charge on any atom is 0.251 e. The van der Waals surface area contributed by atoms with Crippen LogP contribution in [0, 0.1) is 11.3 Å². The van der Waals surface area contributed by atoms with E-state index in [-0.39, 0.29) is 16.4 Å². The Morgan fingerprint density at radius 2 is 1.88 bits per heavy atom. The van der Waals surface area contributed by atoms with Gasteiger partial charge in [0, 0.05) is 11.0 Å². The van der Waals surface area contributed by atoms with E-state index in [0.29, 0.717) is 22.4 Å². The zero-order valence-electron chi connectivity index (χ0n) is 20.0. The molecule has 3 rings (SSSR count). The molecule has 1 atom stereocenters. The zero-order valence-corrected chi connectivity index (χ0v) is 21.6. The van der Waals surface area contributed by atoms with Crippen LogP contribution in [0.4, 0.5) is 5.00 Å². The molecule has 0 spiro atoms. The van der Waals surface area contributed by atoms with Crippen molar-refractivity contribution in [3.63, 3.8) is 0 Å². The number of rotatable bonds is 5. The Morgan fingerprint density at radius 1 is 1.21 bits per heavy atom. The number of benzene rings is 1. The van der Waals surface area contributed by atoms with E-state index in [4.69, 9.17) is 18.0 Å². The smallest absolute Gasteiger partial charge is 0.251 e. The topological polar surface area (TPSA) is 84.2 Å². The fraction of sp³-hybridized carbons (Fsp3) is 0.423. The molecule has 2 amide bonds. The van der Waals surface area contributed by atoms with E-state index in [9.17, 15) is 9.59 Å². The standard InChI is InChI=1S/C26H33N3O2S2/c1-15(2)17-9-6-16(7-10-17)8-13-21(30)28-25(32)29-24-22(23(27)31)19-12-11-18(26(3,4)5)14-20(19)33-24/h6-10,13,15,18H,11-12,14H2,1-5H3,(H2,27,31)(H2,28,29,30,32)/b13-8+/t18-/m0/s1. The van der Waals surface area contributed by atoms with E-state index in [0.717, 1.165) is 30.4 Å². The quantitative estimate of drug-likeness (QED) is 0.379. The van der Waals surface area contributed by atoms with Gasteiger partial charge >= 0.3 is 0 Å². The third-order valence-electron chi connectivity index (χ3n) is 6.23. The van der Waals surface area contributed by atoms with Crippen LogP contribution in [0.1, 0.15) is 78.9 Å². The highest BCUT2D eigenvalue weighted by Gasteiger charge is 2.33. The third kappa shape index (κ3) is 6.30. The summed E-state index contributed by atoms with van der Waals surface area (Å²) in [7, 11) is 0. The molecule has 33 heavy (non-hydrogen) atoms. The van der Waals surface area contributed by atoms with Crippen molar-refractivity contribution < 1.29 is 9.59 Å². The van der Waals surface area contributed by atoms with Crippen LogP contribution in [0.15, 0.2) is 30.3 Å². The molecule has 0 saturated heterocycles. The average molecular weight is 484 g/mol. The minimum atomic E-state index is -0.469. The molecule has 1 heterocycles. The van der Waals surface area contributed by atoms with Crippen molar-refractivity contribution in [2.24, 2.45) is 17.1 Å². The largest absolute Gasteiger partial charge is 0.365 e. The summed E-state index contributed by atoms with van der Waals surface area (Å²) >= 11 is 6.85. The van der Waals surface area contributed by atoms with Crippen LogP contribution >= 0.6 is 23.6 Å². The number of anilines is 1. The number of nitrogens with one attached hydrogen (secondary N) is 2. The molecule has 1 aliphatic carbocycles. The van der Waals surface area contributed by atoms with Crippen molar-refractivity contribution in [2.75, 3.05) is 5.32 Å². The van der Waals surface area contributed by atoms with Crippen molar-refractivity contribution in [3.05, 3.63) is 57.5 Å². The minimum Gasteiger partial charge on any atom is -0.365 e. The Morgan fingerprint density at radius 3 is 2.45 bits per heavy atom. The summed E-state index contributed by atoms with van der Waals surface area (Å²) in [6, 6.07) is 8.08. The summed E-state index contributed by atoms with van der Waals surface area (Å²) in [5.41, 5.74) is 9.62. The maximum atomic E-state index is 12.3. The van der Waals surface area contributed by atoms with Gasteiger partial charge in [-0.1, -0.05) is 58.9 Å². The summed E-state index contributed by atoms with van der Waals surface area (Å²) in [5.74, 6) is 0.198. The van der Waals surface area contributed by atoms with Gasteiger partial charge in [0.05, 0.1) is 5.56 Å². The van der Waals surface area contributed by atoms with Crippen LogP contribution in [0.3, 0.4) is 0 Å². The number of thiocarbonyl (C=S) groups is 1. The first-order valence-corrected chi connectivity index (χ1v) is 12.5. The number of amides is 2. The molecule has 7 heteroatoms. The number of fused-ring (bicyclic) bond motifs is 1. The third-order valence-corrected chi connectivity index (χ3v) is 7.60. The van der Waals surface area contributed by atoms with Gasteiger partial charge in [0.15, 0.2) is 5.11 Å². The molecule has 1 aromatic carbocycles. The Kier molecular flexibility index (Phi) is 7.75. The fourth-order valence-electron chi connectivity index (χ4n) is 4.13. The summed E-state index contributed by atoms with van der Waals surface area (Å²) < 4.78 is 0. The van der Waals surface area contributed by atoms with Crippen molar-refractivity contribution in [1.82, 2.24) is 5.32 Å². The molecule has 1 aromatic heterocycles. The Labute approximate surface area is 205 Å². The van der Waals surface area contributed by atoms with E-state index >= 15 is 0 Å². The lowest BCUT2D eigenvalue weighted by Crippen LogP contribution is -2.33. The van der Waals surface area contributed by atoms with Crippen LogP contribution in [-0.4, -0.2) is 16.9 Å². The van der Waals surface area contributed by atoms with Gasteiger partial charge in [-0.2, -0.15) is 0 Å². The lowest BCUT2D eigenvalue weighted by molar-refractivity contribution is -0.115. The summed E-state index contributed by atoms with van der Waals surface area (Å²) in [5, 5.41) is 6.45. The molecule has 2 aromatic rings. The van der Waals surface area contributed by atoms with Gasteiger partial charge in [-0.15, -0.1) is 11.3 Å². The molecule has 1 aliphatic rings. The number of carbonyl (C=O) groups excluding carboxylic acids is 2. The summed E-state index contributed by atoms with van der Waals surface area (Å²) in [4.78, 5) is 25.7. The number of hydrogen-bond acceptors (Lipinski definition) is 4. The molecule has 0 bridgehead atoms. The second-order valence-electron chi connectivity index (χ2n) is 9.98. The van der Waals surface area contributed by atoms with E-state index < -0.39 is 5.91 Å². The Hall–Kier alpha value is -2.51. The van der Waals surface area contributed by atoms with Crippen LogP contribution in [0.25, 0.3) is 6.08 Å². The van der Waals surface area contributed by atoms with Crippen molar-refractivity contribution >= 4 is 51.6 Å². The molecule has 0 saturated carbocycles. The van der Waals surface area contributed by atoms with Crippen LogP contribution in [0.5, 0.6) is 0 Å². The van der Waals surface area contributed by atoms with Crippen molar-refractivity contribution in [1.29, 1.82) is 0 Å². The first-order valence-electron chi connectivity index (χ1n) is 11.3. The predicted octanol–water partition coefficient (Wildman–Crippen LogP) is 5.65. The minimum absolute atomic E-state index is 0.147. The van der Waals surface area contributed by atoms with Gasteiger partial charge in [-0.25, -0.2) is 0 Å². The maximum absolute atomic E-state index is 12.3. The highest BCUT2D eigenvalue weighted by Crippen LogP contribution is 2.44. The fourth-order valence-corrected chi connectivity index (χ4v) is 5.73. The number of hydrogen-bond donors (Lipinski definition) is 3. The molecule has 0 unspecified atom stereocenters. The Balaban J connectivity index is 1.67. The van der Waals surface area contributed by atoms with Gasteiger partial charge in [0.25, 0.3) is 5.91 Å². The lowest BCUT2D eigenvalue weighted by Gasteiger charge is -2.33. The van der Waals surface area contributed by atoms with Crippen LogP contribution < -0.4 is 16.4 Å². The summed E-state index contributed by atoms with van der Waals surface area (Å²) in [6.45, 7) is 11.0. The first kappa shape index (κ1) is 25.1. The van der Waals surface area contributed by atoms with Crippen molar-refractivity contribution in [3.8, 4) is 0 Å². The second kappa shape index (κ2) is 10.2. The van der Waals surface area contributed by atoms with Gasteiger partial charge in [-0.05, 0) is 71.5 Å². The molecule has 176 valence electrons. The second-order valence-corrected chi connectivity index (χ2v) is 11.5. The van der Waals surface area contributed by atoms with E-state index in [1.54, 1.807) is 6.08 Å². The van der Waals surface area contributed by atoms with E-state index in [1.807, 2.05) is 12.1 Å². The van der Waals surface area contributed by atoms with Crippen LogP contribution in [-0.2, 0) is 17.6 Å². The summed E-state index contributed by atoms with van der Waals surface area (Å²) in [6.07, 6.45) is 5.96. The SMILES string of the molecule is CC(C)c1ccc(/C=C/C(=O)NC(=S)Nc2sc3c(c2C(N)=O)CC[C@H](C(C)(C)C)C3)cc1. The number of primary amides is 1. The number of nitrogens with two attached hydrogens (primary N) is 1. The monoisotopic (exact) mass is 483 g/mol. The van der Waals surface area contributed by atoms with Gasteiger partial charge in [-0.3, -0.25) is 14.9 Å².